The molecule has 0 amide bonds. The molecule has 4 heteroatoms. The van der Waals surface area contributed by atoms with Gasteiger partial charge in [-0.25, -0.2) is 0 Å². The highest BCUT2D eigenvalue weighted by Gasteiger charge is 2.12. The maximum Gasteiger partial charge on any atom is 0.0620 e. The highest BCUT2D eigenvalue weighted by atomic mass is 16.5. The van der Waals surface area contributed by atoms with Crippen LogP contribution in [0.25, 0.3) is 0 Å². The number of hydrogen-bond acceptors (Lipinski definition) is 4. The van der Waals surface area contributed by atoms with Crippen molar-refractivity contribution in [3.05, 3.63) is 0 Å². The Morgan fingerprint density at radius 1 is 1.47 bits per heavy atom. The van der Waals surface area contributed by atoms with Crippen molar-refractivity contribution in [1.82, 2.24) is 10.2 Å². The summed E-state index contributed by atoms with van der Waals surface area (Å²) in [7, 11) is 2.14. The number of nitrogens with zero attached hydrogens (tertiary/aromatic N) is 1. The van der Waals surface area contributed by atoms with Crippen LogP contribution in [0, 0.1) is 0 Å². The summed E-state index contributed by atoms with van der Waals surface area (Å²) in [5.74, 6) is 0. The minimum atomic E-state index is 0.535. The van der Waals surface area contributed by atoms with Crippen molar-refractivity contribution < 1.29 is 9.47 Å². The highest BCUT2D eigenvalue weighted by Crippen LogP contribution is 1.99. The summed E-state index contributed by atoms with van der Waals surface area (Å²) >= 11 is 0. The van der Waals surface area contributed by atoms with Gasteiger partial charge in [-0.05, 0) is 26.9 Å². The molecule has 1 unspecified atom stereocenters. The third kappa shape index (κ3) is 6.10. The molecule has 1 aliphatic rings. The van der Waals surface area contributed by atoms with E-state index in [4.69, 9.17) is 9.47 Å². The Labute approximate surface area is 92.9 Å². The molecule has 0 bridgehead atoms. The van der Waals surface area contributed by atoms with Gasteiger partial charge in [0, 0.05) is 25.7 Å². The molecule has 1 fully saturated rings. The third-order valence-corrected chi connectivity index (χ3v) is 2.68. The Hall–Kier alpha value is -0.160. The molecule has 15 heavy (non-hydrogen) atoms. The van der Waals surface area contributed by atoms with Crippen LogP contribution in [0.5, 0.6) is 0 Å². The fraction of sp³-hybridized carbons (Fsp3) is 1.00. The Morgan fingerprint density at radius 2 is 2.33 bits per heavy atom. The van der Waals surface area contributed by atoms with E-state index in [1.54, 1.807) is 0 Å². The lowest BCUT2D eigenvalue weighted by atomic mass is 10.2. The van der Waals surface area contributed by atoms with Crippen molar-refractivity contribution in [1.29, 1.82) is 0 Å². The van der Waals surface area contributed by atoms with Gasteiger partial charge in [0.25, 0.3) is 0 Å². The third-order valence-electron chi connectivity index (χ3n) is 2.68. The first-order valence-corrected chi connectivity index (χ1v) is 5.90. The van der Waals surface area contributed by atoms with Crippen LogP contribution >= 0.6 is 0 Å². The highest BCUT2D eigenvalue weighted by molar-refractivity contribution is 4.71. The zero-order chi connectivity index (χ0) is 10.9. The van der Waals surface area contributed by atoms with Crippen molar-refractivity contribution in [2.45, 2.75) is 19.4 Å². The number of morpholine rings is 1. The van der Waals surface area contributed by atoms with Crippen molar-refractivity contribution in [3.8, 4) is 0 Å². The Morgan fingerprint density at radius 3 is 3.00 bits per heavy atom. The average molecular weight is 216 g/mol. The normalized spacial score (nSPS) is 22.2. The Kier molecular flexibility index (Phi) is 6.92. The summed E-state index contributed by atoms with van der Waals surface area (Å²) in [4.78, 5) is 2.31. The van der Waals surface area contributed by atoms with E-state index in [9.17, 15) is 0 Å². The molecule has 0 aromatic heterocycles. The summed E-state index contributed by atoms with van der Waals surface area (Å²) in [5, 5.41) is 3.46. The molecule has 1 N–H and O–H groups in total. The van der Waals surface area contributed by atoms with Crippen LogP contribution in [0.15, 0.2) is 0 Å². The summed E-state index contributed by atoms with van der Waals surface area (Å²) in [6.07, 6.45) is 1.16. The van der Waals surface area contributed by atoms with E-state index in [0.717, 1.165) is 52.5 Å². The molecule has 0 saturated carbocycles. The zero-order valence-corrected chi connectivity index (χ0v) is 10.00. The first-order chi connectivity index (χ1) is 7.33. The van der Waals surface area contributed by atoms with E-state index in [2.05, 4.69) is 17.3 Å². The molecule has 0 aliphatic carbocycles. The molecule has 1 saturated heterocycles. The molecule has 1 rings (SSSR count). The van der Waals surface area contributed by atoms with Gasteiger partial charge in [0.05, 0.1) is 19.8 Å². The topological polar surface area (TPSA) is 33.7 Å². The summed E-state index contributed by atoms with van der Waals surface area (Å²) in [5.41, 5.74) is 0. The van der Waals surface area contributed by atoms with Crippen LogP contribution in [0.3, 0.4) is 0 Å². The van der Waals surface area contributed by atoms with Crippen LogP contribution in [-0.4, -0.2) is 64.1 Å². The van der Waals surface area contributed by atoms with E-state index >= 15 is 0 Å². The van der Waals surface area contributed by atoms with Gasteiger partial charge in [0.15, 0.2) is 0 Å². The van der Waals surface area contributed by atoms with Gasteiger partial charge in [-0.2, -0.15) is 0 Å². The van der Waals surface area contributed by atoms with E-state index in [1.807, 2.05) is 6.92 Å². The molecular formula is C11H24N2O2. The second-order valence-corrected chi connectivity index (χ2v) is 4.01. The molecule has 0 radical (unpaired) electrons. The van der Waals surface area contributed by atoms with Gasteiger partial charge in [0.2, 0.25) is 0 Å². The second kappa shape index (κ2) is 8.05. The van der Waals surface area contributed by atoms with Gasteiger partial charge in [-0.3, -0.25) is 0 Å². The van der Waals surface area contributed by atoms with Gasteiger partial charge in [-0.1, -0.05) is 0 Å². The molecule has 4 nitrogen and oxygen atoms in total. The standard InChI is InChI=1S/C11H24N2O2/c1-3-14-9-7-13(2)6-4-11-10-15-8-5-12-11/h11-12H,3-10H2,1-2H3. The van der Waals surface area contributed by atoms with Crippen LogP contribution in [0.4, 0.5) is 0 Å². The minimum absolute atomic E-state index is 0.535. The predicted octanol–water partition coefficient (Wildman–Crippen LogP) is 0.333. The monoisotopic (exact) mass is 216 g/mol. The fourth-order valence-electron chi connectivity index (χ4n) is 1.66. The summed E-state index contributed by atoms with van der Waals surface area (Å²) in [6, 6.07) is 0.535. The molecule has 1 heterocycles. The van der Waals surface area contributed by atoms with Gasteiger partial charge >= 0.3 is 0 Å². The molecule has 0 aromatic carbocycles. The molecule has 90 valence electrons. The van der Waals surface area contributed by atoms with Crippen LogP contribution < -0.4 is 5.32 Å². The van der Waals surface area contributed by atoms with E-state index in [-0.39, 0.29) is 0 Å². The second-order valence-electron chi connectivity index (χ2n) is 4.01. The SMILES string of the molecule is CCOCCN(C)CCC1COCCN1. The Balaban J connectivity index is 1.97. The number of ether oxygens (including phenoxy) is 2. The molecule has 0 aromatic rings. The van der Waals surface area contributed by atoms with Gasteiger partial charge in [-0.15, -0.1) is 0 Å². The lowest BCUT2D eigenvalue weighted by Gasteiger charge is -2.26. The van der Waals surface area contributed by atoms with Crippen molar-refractivity contribution in [3.63, 3.8) is 0 Å². The van der Waals surface area contributed by atoms with Gasteiger partial charge in [0.1, 0.15) is 0 Å². The first-order valence-electron chi connectivity index (χ1n) is 5.90. The zero-order valence-electron chi connectivity index (χ0n) is 10.00. The van der Waals surface area contributed by atoms with E-state index in [0.29, 0.717) is 6.04 Å². The lowest BCUT2D eigenvalue weighted by molar-refractivity contribution is 0.0686. The fourth-order valence-corrected chi connectivity index (χ4v) is 1.66. The number of nitrogens with one attached hydrogen (secondary N) is 1. The molecule has 0 spiro atoms. The lowest BCUT2D eigenvalue weighted by Crippen LogP contribution is -2.43. The molecular weight excluding hydrogens is 192 g/mol. The number of likely N-dealkylation sites (N-methyl/N-ethyl adjacent to an activating group) is 1. The quantitative estimate of drug-likeness (QED) is 0.622. The molecule has 1 aliphatic heterocycles. The number of rotatable bonds is 7. The Bertz CT molecular complexity index is 150. The smallest absolute Gasteiger partial charge is 0.0620 e. The molecule has 1 atom stereocenters. The summed E-state index contributed by atoms with van der Waals surface area (Å²) < 4.78 is 10.7. The van der Waals surface area contributed by atoms with Crippen molar-refractivity contribution >= 4 is 0 Å². The van der Waals surface area contributed by atoms with Crippen LogP contribution in [-0.2, 0) is 9.47 Å². The van der Waals surface area contributed by atoms with Crippen molar-refractivity contribution in [2.24, 2.45) is 0 Å². The maximum absolute atomic E-state index is 5.41. The van der Waals surface area contributed by atoms with Crippen molar-refractivity contribution in [2.75, 3.05) is 53.1 Å². The number of hydrogen-bond donors (Lipinski definition) is 1. The minimum Gasteiger partial charge on any atom is -0.380 e. The average Bonchev–Trinajstić information content (AvgIpc) is 2.28. The largest absolute Gasteiger partial charge is 0.380 e. The van der Waals surface area contributed by atoms with Crippen LogP contribution in [0.2, 0.25) is 0 Å². The van der Waals surface area contributed by atoms with E-state index in [1.165, 1.54) is 0 Å². The summed E-state index contributed by atoms with van der Waals surface area (Å²) in [6.45, 7) is 8.51. The maximum atomic E-state index is 5.41. The first kappa shape index (κ1) is 12.9. The van der Waals surface area contributed by atoms with Gasteiger partial charge < -0.3 is 19.7 Å². The predicted molar refractivity (Wildman–Crippen MR) is 61.2 cm³/mol. The van der Waals surface area contributed by atoms with Crippen LogP contribution in [0.1, 0.15) is 13.3 Å². The van der Waals surface area contributed by atoms with E-state index < -0.39 is 0 Å².